The maximum atomic E-state index is 9.76. The van der Waals surface area contributed by atoms with Crippen LogP contribution in [0.5, 0.6) is 0 Å². The van der Waals surface area contributed by atoms with Crippen molar-refractivity contribution < 1.29 is 4.79 Å². The van der Waals surface area contributed by atoms with E-state index in [0.29, 0.717) is 0 Å². The molecule has 0 aromatic rings. The number of hydrogen-bond donors (Lipinski definition) is 0. The molecular formula is C4H4NOS. The molecule has 0 aromatic carbocycles. The fraction of sp³-hybridized carbons (Fsp3) is 0.500. The van der Waals surface area contributed by atoms with Gasteiger partial charge in [0.15, 0.2) is 0 Å². The summed E-state index contributed by atoms with van der Waals surface area (Å²) in [5.74, 6) is 0.781. The molecule has 7 heavy (non-hydrogen) atoms. The van der Waals surface area contributed by atoms with E-state index < -0.39 is 0 Å². The number of nitrogens with zero attached hydrogens (tertiary/aromatic N) is 1. The van der Waals surface area contributed by atoms with Crippen LogP contribution in [0.1, 0.15) is 0 Å². The van der Waals surface area contributed by atoms with Crippen molar-refractivity contribution in [3.8, 4) is 0 Å². The van der Waals surface area contributed by atoms with Gasteiger partial charge in [-0.2, -0.15) is 0 Å². The Morgan fingerprint density at radius 3 is 3.14 bits per heavy atom. The summed E-state index contributed by atoms with van der Waals surface area (Å²) in [4.78, 5) is 13.5. The molecule has 1 atom stereocenters. The van der Waals surface area contributed by atoms with Crippen molar-refractivity contribution >= 4 is 23.6 Å². The van der Waals surface area contributed by atoms with E-state index in [1.807, 2.05) is 0 Å². The molecule has 37 valence electrons. The standard InChI is InChI=1S/C4H4NOS/c6-1-4-2-7-3-5-4/h3-4H,2H2. The molecule has 0 saturated heterocycles. The molecule has 1 unspecified atom stereocenters. The van der Waals surface area contributed by atoms with Crippen molar-refractivity contribution in [1.29, 1.82) is 0 Å². The number of rotatable bonds is 1. The molecular weight excluding hydrogens is 110 g/mol. The van der Waals surface area contributed by atoms with Gasteiger partial charge in [0.05, 0.1) is 5.55 Å². The first kappa shape index (κ1) is 4.84. The first-order valence-corrected chi connectivity index (χ1v) is 2.99. The van der Waals surface area contributed by atoms with Gasteiger partial charge in [0.1, 0.15) is 6.04 Å². The average molecular weight is 114 g/mol. The summed E-state index contributed by atoms with van der Waals surface area (Å²) in [6.45, 7) is 0. The summed E-state index contributed by atoms with van der Waals surface area (Å²) in [5, 5.41) is 0. The van der Waals surface area contributed by atoms with E-state index in [-0.39, 0.29) is 6.04 Å². The van der Waals surface area contributed by atoms with Crippen LogP contribution < -0.4 is 0 Å². The Hall–Kier alpha value is -0.310. The third-order valence-corrected chi connectivity index (χ3v) is 1.48. The minimum Gasteiger partial charge on any atom is -0.288 e. The molecule has 1 aliphatic rings. The molecule has 0 fully saturated rings. The first-order chi connectivity index (χ1) is 3.43. The van der Waals surface area contributed by atoms with E-state index >= 15 is 0 Å². The van der Waals surface area contributed by atoms with Gasteiger partial charge in [0.25, 0.3) is 0 Å². The normalized spacial score (nSPS) is 28.3. The zero-order chi connectivity index (χ0) is 5.11. The summed E-state index contributed by atoms with van der Waals surface area (Å²) >= 11 is 1.55. The van der Waals surface area contributed by atoms with E-state index in [4.69, 9.17) is 0 Å². The van der Waals surface area contributed by atoms with Crippen molar-refractivity contribution in [3.63, 3.8) is 0 Å². The van der Waals surface area contributed by atoms with Gasteiger partial charge in [-0.1, -0.05) is 0 Å². The van der Waals surface area contributed by atoms with Gasteiger partial charge in [-0.3, -0.25) is 9.79 Å². The molecule has 1 heterocycles. The van der Waals surface area contributed by atoms with Crippen LogP contribution in [0.2, 0.25) is 0 Å². The predicted octanol–water partition coefficient (Wildman–Crippen LogP) is 0.240. The Morgan fingerprint density at radius 1 is 2.00 bits per heavy atom. The summed E-state index contributed by atoms with van der Waals surface area (Å²) < 4.78 is 0. The predicted molar refractivity (Wildman–Crippen MR) is 30.4 cm³/mol. The Labute approximate surface area is 46.0 Å². The molecule has 0 aromatic heterocycles. The summed E-state index contributed by atoms with van der Waals surface area (Å²) in [6, 6.07) is -0.176. The van der Waals surface area contributed by atoms with Crippen molar-refractivity contribution in [3.05, 3.63) is 0 Å². The Kier molecular flexibility index (Phi) is 1.46. The van der Waals surface area contributed by atoms with Crippen molar-refractivity contribution in [2.75, 3.05) is 5.75 Å². The van der Waals surface area contributed by atoms with E-state index in [1.165, 1.54) is 0 Å². The lowest BCUT2D eigenvalue weighted by Crippen LogP contribution is -2.02. The van der Waals surface area contributed by atoms with Gasteiger partial charge in [0.2, 0.25) is 6.29 Å². The van der Waals surface area contributed by atoms with E-state index in [9.17, 15) is 4.79 Å². The monoisotopic (exact) mass is 114 g/mol. The number of thioether (sulfide) groups is 1. The molecule has 0 bridgehead atoms. The molecule has 0 amide bonds. The molecule has 0 saturated carbocycles. The molecule has 1 rings (SSSR count). The molecule has 0 spiro atoms. The molecule has 0 N–H and O–H groups in total. The maximum absolute atomic E-state index is 9.76. The molecule has 1 aliphatic heterocycles. The third-order valence-electron chi connectivity index (χ3n) is 0.705. The van der Waals surface area contributed by atoms with Gasteiger partial charge in [-0.15, -0.1) is 11.8 Å². The third kappa shape index (κ3) is 1.03. The Bertz CT molecular complexity index is 102. The molecule has 0 aliphatic carbocycles. The Balaban J connectivity index is 2.42. The minimum atomic E-state index is -0.176. The topological polar surface area (TPSA) is 29.4 Å². The van der Waals surface area contributed by atoms with Crippen molar-refractivity contribution in [2.24, 2.45) is 4.99 Å². The van der Waals surface area contributed by atoms with Crippen LogP contribution in [0.25, 0.3) is 0 Å². The zero-order valence-electron chi connectivity index (χ0n) is 3.63. The number of hydrogen-bond acceptors (Lipinski definition) is 3. The summed E-state index contributed by atoms with van der Waals surface area (Å²) in [7, 11) is 0. The molecule has 1 radical (unpaired) electrons. The molecule has 2 nitrogen and oxygen atoms in total. The van der Waals surface area contributed by atoms with Crippen LogP contribution in [-0.4, -0.2) is 23.6 Å². The highest BCUT2D eigenvalue weighted by Crippen LogP contribution is 2.07. The highest BCUT2D eigenvalue weighted by atomic mass is 32.2. The van der Waals surface area contributed by atoms with E-state index in [2.05, 4.69) is 4.99 Å². The second-order valence-electron chi connectivity index (χ2n) is 1.22. The lowest BCUT2D eigenvalue weighted by atomic mass is 10.4. The van der Waals surface area contributed by atoms with E-state index in [0.717, 1.165) is 5.75 Å². The van der Waals surface area contributed by atoms with Crippen LogP contribution in [0.15, 0.2) is 4.99 Å². The largest absolute Gasteiger partial charge is 0.288 e. The lowest BCUT2D eigenvalue weighted by molar-refractivity contribution is 0.547. The lowest BCUT2D eigenvalue weighted by Gasteiger charge is -1.85. The second kappa shape index (κ2) is 2.12. The van der Waals surface area contributed by atoms with Gasteiger partial charge in [-0.05, 0) is 0 Å². The van der Waals surface area contributed by atoms with Gasteiger partial charge in [-0.25, -0.2) is 0 Å². The molecule has 3 heteroatoms. The van der Waals surface area contributed by atoms with Gasteiger partial charge in [0, 0.05) is 5.75 Å². The second-order valence-corrected chi connectivity index (χ2v) is 2.10. The van der Waals surface area contributed by atoms with Crippen molar-refractivity contribution in [1.82, 2.24) is 0 Å². The smallest absolute Gasteiger partial charge is 0.225 e. The van der Waals surface area contributed by atoms with E-state index in [1.54, 1.807) is 23.6 Å². The van der Waals surface area contributed by atoms with Crippen LogP contribution in [0, 0.1) is 0 Å². The number of carbonyl (C=O) groups excluding carboxylic acids is 1. The van der Waals surface area contributed by atoms with Gasteiger partial charge < -0.3 is 0 Å². The fourth-order valence-corrected chi connectivity index (χ4v) is 1.01. The van der Waals surface area contributed by atoms with Crippen LogP contribution in [-0.2, 0) is 4.79 Å². The van der Waals surface area contributed by atoms with Gasteiger partial charge >= 0.3 is 0 Å². The summed E-state index contributed by atoms with van der Waals surface area (Å²) in [5.41, 5.74) is 1.69. The quantitative estimate of drug-likeness (QED) is 0.488. The number of aliphatic imine (C=N–C) groups is 1. The zero-order valence-corrected chi connectivity index (χ0v) is 4.44. The van der Waals surface area contributed by atoms with Crippen LogP contribution >= 0.6 is 11.8 Å². The maximum Gasteiger partial charge on any atom is 0.225 e. The fourth-order valence-electron chi connectivity index (χ4n) is 0.358. The van der Waals surface area contributed by atoms with Crippen molar-refractivity contribution in [2.45, 2.75) is 6.04 Å². The average Bonchev–Trinajstić information content (AvgIpc) is 2.14. The first-order valence-electron chi connectivity index (χ1n) is 1.94. The van der Waals surface area contributed by atoms with Crippen LogP contribution in [0.4, 0.5) is 0 Å². The minimum absolute atomic E-state index is 0.176. The highest BCUT2D eigenvalue weighted by Gasteiger charge is 2.08. The van der Waals surface area contributed by atoms with Crippen LogP contribution in [0.3, 0.4) is 0 Å². The summed E-state index contributed by atoms with van der Waals surface area (Å²) in [6.07, 6.45) is 1.80. The SMILES string of the molecule is O=[C]C1CSC=N1. The highest BCUT2D eigenvalue weighted by molar-refractivity contribution is 8.12. The Morgan fingerprint density at radius 2 is 2.86 bits per heavy atom.